The number of terminal acetylenes is 1. The van der Waals surface area contributed by atoms with Gasteiger partial charge in [-0.05, 0) is 11.6 Å². The van der Waals surface area contributed by atoms with Gasteiger partial charge in [0.1, 0.15) is 0 Å². The van der Waals surface area contributed by atoms with E-state index < -0.39 is 0 Å². The maximum Gasteiger partial charge on any atom is 0.0576 e. The number of benzene rings is 1. The Bertz CT molecular complexity index is 350. The van der Waals surface area contributed by atoms with Crippen LogP contribution in [0.5, 0.6) is 0 Å². The Labute approximate surface area is 90.6 Å². The van der Waals surface area contributed by atoms with Crippen LogP contribution in [0.3, 0.4) is 0 Å². The average molecular weight is 203 g/mol. The third-order valence-corrected chi connectivity index (χ3v) is 2.13. The van der Waals surface area contributed by atoms with E-state index in [0.717, 1.165) is 17.0 Å². The van der Waals surface area contributed by atoms with Crippen LogP contribution in [0.4, 0.5) is 0 Å². The first-order valence-electron chi connectivity index (χ1n) is 4.43. The summed E-state index contributed by atoms with van der Waals surface area (Å²) in [5, 5.41) is 3.08. The Morgan fingerprint density at radius 1 is 1.43 bits per heavy atom. The molecule has 0 unspecified atom stereocenters. The predicted molar refractivity (Wildman–Crippen MR) is 64.4 cm³/mol. The Balaban J connectivity index is 2.45. The van der Waals surface area contributed by atoms with Crippen molar-refractivity contribution in [1.29, 1.82) is 0 Å². The second-order valence-electron chi connectivity index (χ2n) is 2.80. The molecule has 1 aromatic carbocycles. The van der Waals surface area contributed by atoms with Gasteiger partial charge >= 0.3 is 0 Å². The molecule has 0 aliphatic carbocycles. The van der Waals surface area contributed by atoms with Gasteiger partial charge in [-0.3, -0.25) is 0 Å². The second-order valence-corrected chi connectivity index (χ2v) is 3.28. The second kappa shape index (κ2) is 6.31. The molecule has 2 heteroatoms. The quantitative estimate of drug-likeness (QED) is 0.434. The number of thiol groups is 1. The molecule has 72 valence electrons. The summed E-state index contributed by atoms with van der Waals surface area (Å²) in [5.74, 6) is 2.52. The summed E-state index contributed by atoms with van der Waals surface area (Å²) in [6, 6.07) is 7.96. The van der Waals surface area contributed by atoms with Crippen LogP contribution in [0.1, 0.15) is 5.56 Å². The molecule has 0 bridgehead atoms. The van der Waals surface area contributed by atoms with Crippen molar-refractivity contribution >= 4 is 18.7 Å². The minimum Gasteiger partial charge on any atom is -0.303 e. The van der Waals surface area contributed by atoms with Gasteiger partial charge in [-0.25, -0.2) is 0 Å². The molecule has 1 N–H and O–H groups in total. The number of hydrogen-bond acceptors (Lipinski definition) is 2. The molecule has 0 heterocycles. The van der Waals surface area contributed by atoms with E-state index in [9.17, 15) is 0 Å². The van der Waals surface area contributed by atoms with Crippen molar-refractivity contribution in [3.05, 3.63) is 35.9 Å². The van der Waals surface area contributed by atoms with Gasteiger partial charge in [0.05, 0.1) is 6.54 Å². The Morgan fingerprint density at radius 2 is 2.21 bits per heavy atom. The van der Waals surface area contributed by atoms with Gasteiger partial charge in [0.2, 0.25) is 0 Å². The molecular weight excluding hydrogens is 190 g/mol. The average Bonchev–Trinajstić information content (AvgIpc) is 2.20. The fraction of sp³-hybridized carbons (Fsp3) is 0.167. The van der Waals surface area contributed by atoms with E-state index in [1.165, 1.54) is 0 Å². The summed E-state index contributed by atoms with van der Waals surface area (Å²) in [5.41, 5.74) is 1.12. The molecule has 0 fully saturated rings. The topological polar surface area (TPSA) is 12.0 Å². The van der Waals surface area contributed by atoms with Gasteiger partial charge in [-0.2, -0.15) is 0 Å². The minimum atomic E-state index is 0.604. The molecule has 0 radical (unpaired) electrons. The predicted octanol–water partition coefficient (Wildman–Crippen LogP) is 2.21. The lowest BCUT2D eigenvalue weighted by molar-refractivity contribution is 0.859. The van der Waals surface area contributed by atoms with Crippen LogP contribution in [-0.4, -0.2) is 13.1 Å². The molecule has 0 amide bonds. The monoisotopic (exact) mass is 203 g/mol. The Hall–Kier alpha value is -1.17. The highest BCUT2D eigenvalue weighted by Crippen LogP contribution is 2.13. The molecule has 0 aromatic heterocycles. The number of hydrogen-bond donors (Lipinski definition) is 2. The van der Waals surface area contributed by atoms with Crippen molar-refractivity contribution in [3.8, 4) is 12.3 Å². The van der Waals surface area contributed by atoms with Gasteiger partial charge in [-0.1, -0.05) is 36.3 Å². The minimum absolute atomic E-state index is 0.604. The lowest BCUT2D eigenvalue weighted by Gasteiger charge is -1.97. The summed E-state index contributed by atoms with van der Waals surface area (Å²) in [7, 11) is 0. The zero-order chi connectivity index (χ0) is 10.2. The van der Waals surface area contributed by atoms with Crippen LogP contribution in [-0.2, 0) is 0 Å². The van der Waals surface area contributed by atoms with Crippen molar-refractivity contribution in [2.75, 3.05) is 13.1 Å². The normalized spacial score (nSPS) is 10.3. The third-order valence-electron chi connectivity index (χ3n) is 1.72. The van der Waals surface area contributed by atoms with Crippen molar-refractivity contribution in [3.63, 3.8) is 0 Å². The lowest BCUT2D eigenvalue weighted by atomic mass is 10.2. The van der Waals surface area contributed by atoms with Crippen molar-refractivity contribution < 1.29 is 0 Å². The fourth-order valence-electron chi connectivity index (χ4n) is 1.04. The highest BCUT2D eigenvalue weighted by molar-refractivity contribution is 7.80. The molecule has 0 saturated carbocycles. The molecule has 0 spiro atoms. The summed E-state index contributed by atoms with van der Waals surface area (Å²) >= 11 is 4.34. The van der Waals surface area contributed by atoms with E-state index in [1.54, 1.807) is 0 Å². The molecule has 1 aromatic rings. The SMILES string of the molecule is C#CCNC/C=C/c1ccccc1S. The largest absolute Gasteiger partial charge is 0.303 e. The number of nitrogens with one attached hydrogen (secondary N) is 1. The highest BCUT2D eigenvalue weighted by atomic mass is 32.1. The van der Waals surface area contributed by atoms with Crippen LogP contribution in [0.15, 0.2) is 35.2 Å². The van der Waals surface area contributed by atoms with Gasteiger partial charge in [0, 0.05) is 11.4 Å². The molecule has 0 saturated heterocycles. The van der Waals surface area contributed by atoms with Crippen molar-refractivity contribution in [2.45, 2.75) is 4.90 Å². The van der Waals surface area contributed by atoms with E-state index >= 15 is 0 Å². The standard InChI is InChI=1S/C12H13NS/c1-2-9-13-10-5-7-11-6-3-4-8-12(11)14/h1,3-8,13-14H,9-10H2/b7-5+. The van der Waals surface area contributed by atoms with Crippen LogP contribution in [0.25, 0.3) is 6.08 Å². The highest BCUT2D eigenvalue weighted by Gasteiger charge is 1.90. The van der Waals surface area contributed by atoms with Gasteiger partial charge in [0.25, 0.3) is 0 Å². The molecule has 1 nitrogen and oxygen atoms in total. The molecule has 1 rings (SSSR count). The summed E-state index contributed by atoms with van der Waals surface area (Å²) in [6.45, 7) is 1.39. The Kier molecular flexibility index (Phi) is 4.92. The van der Waals surface area contributed by atoms with Crippen LogP contribution in [0, 0.1) is 12.3 Å². The molecule has 0 atom stereocenters. The molecule has 0 aliphatic rings. The molecule has 0 aliphatic heterocycles. The van der Waals surface area contributed by atoms with Gasteiger partial charge < -0.3 is 5.32 Å². The van der Waals surface area contributed by atoms with E-state index in [2.05, 4.69) is 23.9 Å². The van der Waals surface area contributed by atoms with Crippen LogP contribution in [0.2, 0.25) is 0 Å². The lowest BCUT2D eigenvalue weighted by Crippen LogP contribution is -2.12. The first-order valence-corrected chi connectivity index (χ1v) is 4.88. The molecule has 14 heavy (non-hydrogen) atoms. The summed E-state index contributed by atoms with van der Waals surface area (Å²) in [4.78, 5) is 0.987. The first kappa shape index (κ1) is 10.9. The van der Waals surface area contributed by atoms with Crippen molar-refractivity contribution in [2.24, 2.45) is 0 Å². The van der Waals surface area contributed by atoms with Crippen LogP contribution >= 0.6 is 12.6 Å². The van der Waals surface area contributed by atoms with E-state index in [-0.39, 0.29) is 0 Å². The maximum absolute atomic E-state index is 5.10. The van der Waals surface area contributed by atoms with Crippen molar-refractivity contribution in [1.82, 2.24) is 5.32 Å². The van der Waals surface area contributed by atoms with Gasteiger partial charge in [0.15, 0.2) is 0 Å². The first-order chi connectivity index (χ1) is 6.84. The van der Waals surface area contributed by atoms with E-state index in [1.807, 2.05) is 36.4 Å². The third kappa shape index (κ3) is 3.69. The zero-order valence-electron chi connectivity index (χ0n) is 7.90. The fourth-order valence-corrected chi connectivity index (χ4v) is 1.28. The van der Waals surface area contributed by atoms with E-state index in [0.29, 0.717) is 6.54 Å². The zero-order valence-corrected chi connectivity index (χ0v) is 8.80. The maximum atomic E-state index is 5.10. The van der Waals surface area contributed by atoms with E-state index in [4.69, 9.17) is 6.42 Å². The van der Waals surface area contributed by atoms with Crippen LogP contribution < -0.4 is 5.32 Å². The molecular formula is C12H13NS. The Morgan fingerprint density at radius 3 is 2.93 bits per heavy atom. The number of rotatable bonds is 4. The van der Waals surface area contributed by atoms with Gasteiger partial charge in [-0.15, -0.1) is 19.1 Å². The summed E-state index contributed by atoms with van der Waals surface area (Å²) in [6.07, 6.45) is 9.16. The summed E-state index contributed by atoms with van der Waals surface area (Å²) < 4.78 is 0. The smallest absolute Gasteiger partial charge is 0.0576 e.